The molecule has 1 aromatic rings. The lowest BCUT2D eigenvalue weighted by atomic mass is 10.0. The van der Waals surface area contributed by atoms with E-state index in [1.54, 1.807) is 11.3 Å². The van der Waals surface area contributed by atoms with Crippen LogP contribution in [0.4, 0.5) is 0 Å². The van der Waals surface area contributed by atoms with Crippen molar-refractivity contribution in [3.63, 3.8) is 0 Å². The lowest BCUT2D eigenvalue weighted by molar-refractivity contribution is -0.130. The summed E-state index contributed by atoms with van der Waals surface area (Å²) < 4.78 is 0. The van der Waals surface area contributed by atoms with Gasteiger partial charge in [-0.1, -0.05) is 26.7 Å². The van der Waals surface area contributed by atoms with Gasteiger partial charge >= 0.3 is 0 Å². The predicted molar refractivity (Wildman–Crippen MR) is 80.1 cm³/mol. The van der Waals surface area contributed by atoms with Crippen molar-refractivity contribution in [1.29, 1.82) is 0 Å². The maximum atomic E-state index is 12.1. The highest BCUT2D eigenvalue weighted by atomic mass is 32.1. The molecule has 2 rings (SSSR count). The van der Waals surface area contributed by atoms with Crippen LogP contribution in [0.2, 0.25) is 0 Å². The molecule has 0 radical (unpaired) electrons. The molecule has 1 aliphatic rings. The topological polar surface area (TPSA) is 32.3 Å². The van der Waals surface area contributed by atoms with Crippen LogP contribution < -0.4 is 5.32 Å². The number of nitrogens with one attached hydrogen (secondary N) is 1. The van der Waals surface area contributed by atoms with E-state index in [0.717, 1.165) is 12.3 Å². The van der Waals surface area contributed by atoms with Gasteiger partial charge in [0, 0.05) is 6.04 Å². The molecule has 1 aliphatic heterocycles. The second-order valence-corrected chi connectivity index (χ2v) is 6.59. The van der Waals surface area contributed by atoms with Crippen LogP contribution in [0.15, 0.2) is 16.8 Å². The van der Waals surface area contributed by atoms with Gasteiger partial charge in [0.05, 0.1) is 6.54 Å². The zero-order valence-corrected chi connectivity index (χ0v) is 12.9. The maximum Gasteiger partial charge on any atom is 0.238 e. The van der Waals surface area contributed by atoms with Crippen LogP contribution in [0.1, 0.15) is 51.8 Å². The van der Waals surface area contributed by atoms with Crippen LogP contribution in [0.5, 0.6) is 0 Å². The largest absolute Gasteiger partial charge is 0.319 e. The molecule has 106 valence electrons. The number of nitrogens with zero attached hydrogens (tertiary/aromatic N) is 1. The van der Waals surface area contributed by atoms with Crippen molar-refractivity contribution in [3.8, 4) is 0 Å². The molecule has 2 heterocycles. The molecule has 0 aromatic carbocycles. The monoisotopic (exact) mass is 280 g/mol. The van der Waals surface area contributed by atoms with Crippen molar-refractivity contribution >= 4 is 17.2 Å². The Hall–Kier alpha value is -0.870. The van der Waals surface area contributed by atoms with E-state index in [2.05, 4.69) is 42.9 Å². The second-order valence-electron chi connectivity index (χ2n) is 5.81. The van der Waals surface area contributed by atoms with Gasteiger partial charge in [-0.3, -0.25) is 10.1 Å². The summed E-state index contributed by atoms with van der Waals surface area (Å²) in [5, 5.41) is 7.52. The van der Waals surface area contributed by atoms with Gasteiger partial charge in [-0.25, -0.2) is 0 Å². The molecule has 1 fully saturated rings. The summed E-state index contributed by atoms with van der Waals surface area (Å²) in [6.45, 7) is 7.14. The van der Waals surface area contributed by atoms with E-state index in [4.69, 9.17) is 0 Å². The molecule has 19 heavy (non-hydrogen) atoms. The molecule has 0 bridgehead atoms. The lowest BCUT2D eigenvalue weighted by Gasteiger charge is -2.30. The van der Waals surface area contributed by atoms with Crippen molar-refractivity contribution in [3.05, 3.63) is 22.4 Å². The molecule has 2 atom stereocenters. The fraction of sp³-hybridized carbons (Fsp3) is 0.667. The number of hydrogen-bond acceptors (Lipinski definition) is 3. The third kappa shape index (κ3) is 3.57. The number of carbonyl (C=O) groups excluding carboxylic acids is 1. The van der Waals surface area contributed by atoms with Crippen LogP contribution in [0.25, 0.3) is 0 Å². The molecular formula is C15H24N2OS. The summed E-state index contributed by atoms with van der Waals surface area (Å²) >= 11 is 1.69. The zero-order chi connectivity index (χ0) is 13.8. The fourth-order valence-corrected chi connectivity index (χ4v) is 3.37. The Morgan fingerprint density at radius 3 is 2.84 bits per heavy atom. The van der Waals surface area contributed by atoms with Gasteiger partial charge < -0.3 is 4.90 Å². The van der Waals surface area contributed by atoms with E-state index in [0.29, 0.717) is 12.6 Å². The third-order valence-electron chi connectivity index (χ3n) is 3.75. The Labute approximate surface area is 120 Å². The predicted octanol–water partition coefficient (Wildman–Crippen LogP) is 3.39. The summed E-state index contributed by atoms with van der Waals surface area (Å²) in [7, 11) is 0. The quantitative estimate of drug-likeness (QED) is 0.866. The minimum absolute atomic E-state index is 0.0767. The number of hydrogen-bond donors (Lipinski definition) is 1. The smallest absolute Gasteiger partial charge is 0.238 e. The molecular weight excluding hydrogens is 256 g/mol. The van der Waals surface area contributed by atoms with E-state index < -0.39 is 0 Å². The molecule has 1 aromatic heterocycles. The summed E-state index contributed by atoms with van der Waals surface area (Å²) in [5.41, 5.74) is 1.21. The van der Waals surface area contributed by atoms with Gasteiger partial charge in [0.1, 0.15) is 6.17 Å². The van der Waals surface area contributed by atoms with Gasteiger partial charge in [0.15, 0.2) is 0 Å². The summed E-state index contributed by atoms with van der Waals surface area (Å²) in [4.78, 5) is 14.1. The molecule has 3 nitrogen and oxygen atoms in total. The van der Waals surface area contributed by atoms with Crippen molar-refractivity contribution in [2.75, 3.05) is 6.54 Å². The minimum atomic E-state index is 0.0767. The van der Waals surface area contributed by atoms with E-state index in [1.807, 2.05) is 4.90 Å². The van der Waals surface area contributed by atoms with Gasteiger partial charge in [-0.15, -0.1) is 0 Å². The third-order valence-corrected chi connectivity index (χ3v) is 4.45. The minimum Gasteiger partial charge on any atom is -0.319 e. The molecule has 1 N–H and O–H groups in total. The Morgan fingerprint density at radius 2 is 2.21 bits per heavy atom. The van der Waals surface area contributed by atoms with Crippen molar-refractivity contribution in [2.45, 2.75) is 52.2 Å². The van der Waals surface area contributed by atoms with Gasteiger partial charge in [0.25, 0.3) is 0 Å². The Balaban J connectivity index is 1.97. The van der Waals surface area contributed by atoms with Crippen LogP contribution in [-0.2, 0) is 4.79 Å². The summed E-state index contributed by atoms with van der Waals surface area (Å²) in [5.74, 6) is 0.973. The van der Waals surface area contributed by atoms with Crippen molar-refractivity contribution < 1.29 is 4.79 Å². The number of carbonyl (C=O) groups is 1. The van der Waals surface area contributed by atoms with Crippen LogP contribution in [0.3, 0.4) is 0 Å². The van der Waals surface area contributed by atoms with Gasteiger partial charge in [-0.2, -0.15) is 11.3 Å². The number of thiophene rings is 1. The molecule has 0 aliphatic carbocycles. The molecule has 4 heteroatoms. The lowest BCUT2D eigenvalue weighted by Crippen LogP contribution is -2.37. The first kappa shape index (κ1) is 14.5. The normalized spacial score (nSPS) is 21.4. The average Bonchev–Trinajstić information content (AvgIpc) is 2.96. The average molecular weight is 280 g/mol. The van der Waals surface area contributed by atoms with E-state index in [9.17, 15) is 4.79 Å². The highest BCUT2D eigenvalue weighted by molar-refractivity contribution is 7.07. The second kappa shape index (κ2) is 6.53. The van der Waals surface area contributed by atoms with Gasteiger partial charge in [-0.05, 0) is 41.7 Å². The molecule has 1 amide bonds. The molecule has 0 spiro atoms. The van der Waals surface area contributed by atoms with E-state index >= 15 is 0 Å². The van der Waals surface area contributed by atoms with Crippen LogP contribution in [-0.4, -0.2) is 23.4 Å². The highest BCUT2D eigenvalue weighted by Gasteiger charge is 2.34. The number of rotatable bonds is 6. The van der Waals surface area contributed by atoms with E-state index in [1.165, 1.54) is 18.4 Å². The Morgan fingerprint density at radius 1 is 1.42 bits per heavy atom. The highest BCUT2D eigenvalue weighted by Crippen LogP contribution is 2.28. The summed E-state index contributed by atoms with van der Waals surface area (Å²) in [6.07, 6.45) is 3.60. The molecule has 0 saturated carbocycles. The van der Waals surface area contributed by atoms with Crippen LogP contribution in [0, 0.1) is 5.92 Å². The van der Waals surface area contributed by atoms with Crippen LogP contribution >= 0.6 is 11.3 Å². The molecule has 2 unspecified atom stereocenters. The first-order valence-electron chi connectivity index (χ1n) is 7.16. The standard InChI is InChI=1S/C15H24N2OS/c1-11(2)5-4-6-12(3)17-14(18)9-16-15(17)13-7-8-19-10-13/h7-8,10-12,15-16H,4-6,9H2,1-3H3. The maximum absolute atomic E-state index is 12.1. The fourth-order valence-electron chi connectivity index (χ4n) is 2.69. The molecule has 1 saturated heterocycles. The van der Waals surface area contributed by atoms with Crippen molar-refractivity contribution in [2.24, 2.45) is 5.92 Å². The SMILES string of the molecule is CC(C)CCCC(C)N1C(=O)CNC1c1ccsc1. The van der Waals surface area contributed by atoms with Crippen molar-refractivity contribution in [1.82, 2.24) is 10.2 Å². The Kier molecular flexibility index (Phi) is 4.99. The Bertz CT molecular complexity index is 402. The first-order chi connectivity index (χ1) is 9.09. The van der Waals surface area contributed by atoms with Gasteiger partial charge in [0.2, 0.25) is 5.91 Å². The zero-order valence-electron chi connectivity index (χ0n) is 12.1. The first-order valence-corrected chi connectivity index (χ1v) is 8.10. The summed E-state index contributed by atoms with van der Waals surface area (Å²) in [6, 6.07) is 2.42. The van der Waals surface area contributed by atoms with E-state index in [-0.39, 0.29) is 12.1 Å². The number of amides is 1.